The molecule has 0 aliphatic rings. The number of nitrogens with one attached hydrogen (secondary N) is 4. The van der Waals surface area contributed by atoms with Crippen LogP contribution >= 0.6 is 22.6 Å². The Hall–Kier alpha value is -4.13. The van der Waals surface area contributed by atoms with Gasteiger partial charge in [0, 0.05) is 23.1 Å². The SMILES string of the molecule is CC(C)(C)OC(=O)NCCCCC(NC(=O)C(Cc1ccccc1)NC(=O)OCc1ccccc1)C(=O)Nc1ccc(CI)cc1. The van der Waals surface area contributed by atoms with Crippen molar-refractivity contribution in [3.63, 3.8) is 0 Å². The van der Waals surface area contributed by atoms with Crippen LogP contribution in [0.4, 0.5) is 15.3 Å². The second-order valence-electron chi connectivity index (χ2n) is 11.8. The van der Waals surface area contributed by atoms with E-state index in [4.69, 9.17) is 9.47 Å². The Balaban J connectivity index is 1.69. The molecule has 0 heterocycles. The van der Waals surface area contributed by atoms with Gasteiger partial charge in [0.15, 0.2) is 0 Å². The number of rotatable bonds is 15. The predicted molar refractivity (Wildman–Crippen MR) is 187 cm³/mol. The lowest BCUT2D eigenvalue weighted by Crippen LogP contribution is -2.53. The van der Waals surface area contributed by atoms with Gasteiger partial charge in [0.1, 0.15) is 24.3 Å². The molecule has 11 heteroatoms. The Bertz CT molecular complexity index is 1400. The Morgan fingerprint density at radius 1 is 0.717 bits per heavy atom. The first-order valence-electron chi connectivity index (χ1n) is 15.3. The number of alkyl halides is 1. The third-order valence-electron chi connectivity index (χ3n) is 6.70. The number of hydrogen-bond acceptors (Lipinski definition) is 6. The monoisotopic (exact) mass is 742 g/mol. The number of halogens is 1. The number of unbranched alkanes of at least 4 members (excludes halogenated alkanes) is 1. The first-order chi connectivity index (χ1) is 22.0. The second kappa shape index (κ2) is 18.7. The summed E-state index contributed by atoms with van der Waals surface area (Å²) in [7, 11) is 0. The van der Waals surface area contributed by atoms with Crippen LogP contribution in [0, 0.1) is 0 Å². The summed E-state index contributed by atoms with van der Waals surface area (Å²) in [5, 5.41) is 11.1. The second-order valence-corrected chi connectivity index (χ2v) is 12.5. The number of benzene rings is 3. The lowest BCUT2D eigenvalue weighted by molar-refractivity contribution is -0.128. The minimum absolute atomic E-state index is 0.0467. The third-order valence-corrected chi connectivity index (χ3v) is 7.58. The van der Waals surface area contributed by atoms with Gasteiger partial charge in [-0.25, -0.2) is 9.59 Å². The maximum atomic E-state index is 13.7. The number of amides is 4. The smallest absolute Gasteiger partial charge is 0.408 e. The van der Waals surface area contributed by atoms with Gasteiger partial charge in [-0.15, -0.1) is 0 Å². The van der Waals surface area contributed by atoms with Crippen LogP contribution in [-0.2, 0) is 36.5 Å². The highest BCUT2D eigenvalue weighted by Crippen LogP contribution is 2.14. The Morgan fingerprint density at radius 3 is 1.96 bits per heavy atom. The summed E-state index contributed by atoms with van der Waals surface area (Å²) in [6.45, 7) is 5.76. The number of hydrogen-bond donors (Lipinski definition) is 4. The molecule has 4 amide bonds. The first-order valence-corrected chi connectivity index (χ1v) is 16.8. The zero-order valence-electron chi connectivity index (χ0n) is 26.5. The fourth-order valence-electron chi connectivity index (χ4n) is 4.39. The molecule has 0 aliphatic heterocycles. The van der Waals surface area contributed by atoms with E-state index in [2.05, 4.69) is 43.9 Å². The lowest BCUT2D eigenvalue weighted by Gasteiger charge is -2.23. The lowest BCUT2D eigenvalue weighted by atomic mass is 10.0. The summed E-state index contributed by atoms with van der Waals surface area (Å²) in [5.74, 6) is -0.909. The molecule has 4 N–H and O–H groups in total. The van der Waals surface area contributed by atoms with Crippen LogP contribution in [-0.4, -0.2) is 48.2 Å². The number of anilines is 1. The summed E-state index contributed by atoms with van der Waals surface area (Å²) < 4.78 is 11.5. The number of carbonyl (C=O) groups is 4. The van der Waals surface area contributed by atoms with Crippen LogP contribution in [0.5, 0.6) is 0 Å². The molecule has 0 spiro atoms. The Labute approximate surface area is 284 Å². The van der Waals surface area contributed by atoms with Gasteiger partial charge in [-0.3, -0.25) is 9.59 Å². The van der Waals surface area contributed by atoms with Crippen LogP contribution in [0.3, 0.4) is 0 Å². The molecule has 3 aromatic rings. The fourth-order valence-corrected chi connectivity index (χ4v) is 4.90. The van der Waals surface area contributed by atoms with Crippen molar-refractivity contribution in [3.8, 4) is 0 Å². The van der Waals surface area contributed by atoms with Gasteiger partial charge < -0.3 is 30.7 Å². The maximum Gasteiger partial charge on any atom is 0.408 e. The van der Waals surface area contributed by atoms with Crippen molar-refractivity contribution in [2.24, 2.45) is 0 Å². The van der Waals surface area contributed by atoms with Crippen LogP contribution in [0.15, 0.2) is 84.9 Å². The topological polar surface area (TPSA) is 135 Å². The first kappa shape index (κ1) is 36.3. The zero-order chi connectivity index (χ0) is 33.4. The molecule has 2 atom stereocenters. The standard InChI is InChI=1S/C35H43IN4O6/c1-35(2,3)46-33(43)37-21-11-10-16-29(31(41)38-28-19-17-26(23-36)18-20-28)39-32(42)30(22-25-12-6-4-7-13-25)40-34(44)45-24-27-14-8-5-9-15-27/h4-9,12-15,17-20,29-30H,10-11,16,21-24H2,1-3H3,(H,37,43)(H,38,41)(H,39,42)(H,40,44). The van der Waals surface area contributed by atoms with E-state index >= 15 is 0 Å². The van der Waals surface area contributed by atoms with E-state index in [9.17, 15) is 19.2 Å². The van der Waals surface area contributed by atoms with Crippen LogP contribution in [0.2, 0.25) is 0 Å². The average molecular weight is 743 g/mol. The molecule has 3 rings (SSSR count). The normalized spacial score (nSPS) is 12.3. The zero-order valence-corrected chi connectivity index (χ0v) is 28.7. The highest BCUT2D eigenvalue weighted by Gasteiger charge is 2.28. The van der Waals surface area contributed by atoms with E-state index in [1.807, 2.05) is 84.9 Å². The van der Waals surface area contributed by atoms with Crippen LogP contribution in [0.25, 0.3) is 0 Å². The van der Waals surface area contributed by atoms with E-state index in [1.54, 1.807) is 20.8 Å². The third kappa shape index (κ3) is 13.9. The van der Waals surface area contributed by atoms with Crippen molar-refractivity contribution in [3.05, 3.63) is 102 Å². The number of carbonyl (C=O) groups excluding carboxylic acids is 4. The van der Waals surface area contributed by atoms with Gasteiger partial charge in [0.05, 0.1) is 0 Å². The number of alkyl carbamates (subject to hydrolysis) is 2. The van der Waals surface area contributed by atoms with Crippen molar-refractivity contribution in [2.45, 2.75) is 75.2 Å². The highest BCUT2D eigenvalue weighted by molar-refractivity contribution is 14.1. The maximum absolute atomic E-state index is 13.7. The van der Waals surface area contributed by atoms with Crippen molar-refractivity contribution in [2.75, 3.05) is 11.9 Å². The molecule has 2 unspecified atom stereocenters. The molecule has 3 aromatic carbocycles. The molecular formula is C35H43IN4O6. The van der Waals surface area contributed by atoms with Crippen molar-refractivity contribution in [1.82, 2.24) is 16.0 Å². The van der Waals surface area contributed by atoms with Crippen molar-refractivity contribution < 1.29 is 28.7 Å². The summed E-state index contributed by atoms with van der Waals surface area (Å²) in [6.07, 6.45) is 0.316. The largest absolute Gasteiger partial charge is 0.445 e. The summed E-state index contributed by atoms with van der Waals surface area (Å²) in [6, 6.07) is 24.1. The number of ether oxygens (including phenoxy) is 2. The molecule has 10 nitrogen and oxygen atoms in total. The van der Waals surface area contributed by atoms with Gasteiger partial charge in [0.25, 0.3) is 0 Å². The van der Waals surface area contributed by atoms with Crippen molar-refractivity contribution >= 4 is 52.3 Å². The average Bonchev–Trinajstić information content (AvgIpc) is 3.03. The van der Waals surface area contributed by atoms with Gasteiger partial charge in [0.2, 0.25) is 11.8 Å². The van der Waals surface area contributed by atoms with Crippen LogP contribution < -0.4 is 21.3 Å². The van der Waals surface area contributed by atoms with Crippen molar-refractivity contribution in [1.29, 1.82) is 0 Å². The molecule has 0 aliphatic carbocycles. The minimum atomic E-state index is -1.00. The summed E-state index contributed by atoms with van der Waals surface area (Å²) in [5.41, 5.74) is 2.76. The fraction of sp³-hybridized carbons (Fsp3) is 0.371. The Kier molecular flexibility index (Phi) is 14.8. The molecule has 0 saturated heterocycles. The van der Waals surface area contributed by atoms with Gasteiger partial charge in [-0.2, -0.15) is 0 Å². The molecule has 0 radical (unpaired) electrons. The molecule has 246 valence electrons. The predicted octanol–water partition coefficient (Wildman–Crippen LogP) is 6.28. The molecule has 46 heavy (non-hydrogen) atoms. The van der Waals surface area contributed by atoms with E-state index in [0.29, 0.717) is 31.5 Å². The molecular weight excluding hydrogens is 699 g/mol. The van der Waals surface area contributed by atoms with E-state index in [0.717, 1.165) is 21.1 Å². The molecule has 0 saturated carbocycles. The van der Waals surface area contributed by atoms with E-state index < -0.39 is 35.8 Å². The highest BCUT2D eigenvalue weighted by atomic mass is 127. The minimum Gasteiger partial charge on any atom is -0.445 e. The Morgan fingerprint density at radius 2 is 1.35 bits per heavy atom. The molecule has 0 bridgehead atoms. The summed E-state index contributed by atoms with van der Waals surface area (Å²) in [4.78, 5) is 51.9. The summed E-state index contributed by atoms with van der Waals surface area (Å²) >= 11 is 2.27. The molecule has 0 fully saturated rings. The van der Waals surface area contributed by atoms with Gasteiger partial charge in [-0.1, -0.05) is 95.4 Å². The van der Waals surface area contributed by atoms with Gasteiger partial charge >= 0.3 is 12.2 Å². The van der Waals surface area contributed by atoms with Crippen LogP contribution in [0.1, 0.15) is 56.7 Å². The van der Waals surface area contributed by atoms with Gasteiger partial charge in [-0.05, 0) is 68.9 Å². The van der Waals surface area contributed by atoms with E-state index in [1.165, 1.54) is 0 Å². The molecule has 0 aromatic heterocycles. The van der Waals surface area contributed by atoms with E-state index in [-0.39, 0.29) is 18.9 Å². The quantitative estimate of drug-likeness (QED) is 0.0824.